The summed E-state index contributed by atoms with van der Waals surface area (Å²) in [6, 6.07) is 7.92. The van der Waals surface area contributed by atoms with Crippen molar-refractivity contribution in [3.05, 3.63) is 29.8 Å². The molecule has 154 valence electrons. The number of aliphatic hydroxyl groups is 1. The van der Waals surface area contributed by atoms with Crippen LogP contribution in [0.3, 0.4) is 0 Å². The number of aliphatic hydroxyl groups excluding tert-OH is 1. The van der Waals surface area contributed by atoms with Crippen molar-refractivity contribution in [2.45, 2.75) is 46.6 Å². The molecule has 6 heteroatoms. The molecule has 0 fully saturated rings. The lowest BCUT2D eigenvalue weighted by Gasteiger charge is -2.30. The molecular formula is C21H37N3O3. The van der Waals surface area contributed by atoms with Crippen molar-refractivity contribution in [1.82, 2.24) is 10.6 Å². The van der Waals surface area contributed by atoms with E-state index < -0.39 is 0 Å². The Bertz CT molecular complexity index is 520. The third-order valence-corrected chi connectivity index (χ3v) is 5.01. The first-order chi connectivity index (χ1) is 13.1. The SMILES string of the molecule is CCOCCCNC(=NCc1ccc(OC)cc1)NCC(CC)(CC)CO. The van der Waals surface area contributed by atoms with E-state index in [1.165, 1.54) is 0 Å². The average Bonchev–Trinajstić information content (AvgIpc) is 2.72. The molecule has 6 nitrogen and oxygen atoms in total. The number of nitrogens with zero attached hydrogens (tertiary/aromatic N) is 1. The molecule has 1 aromatic carbocycles. The maximum Gasteiger partial charge on any atom is 0.191 e. The number of ether oxygens (including phenoxy) is 2. The Hall–Kier alpha value is -1.79. The first-order valence-electron chi connectivity index (χ1n) is 9.96. The Morgan fingerprint density at radius 1 is 1.11 bits per heavy atom. The molecule has 0 atom stereocenters. The van der Waals surface area contributed by atoms with Crippen LogP contribution in [0.4, 0.5) is 0 Å². The predicted octanol–water partition coefficient (Wildman–Crippen LogP) is 2.96. The number of guanidine groups is 1. The summed E-state index contributed by atoms with van der Waals surface area (Å²) < 4.78 is 10.6. The van der Waals surface area contributed by atoms with Crippen molar-refractivity contribution in [2.24, 2.45) is 10.4 Å². The number of rotatable bonds is 13. The molecule has 0 unspecified atom stereocenters. The van der Waals surface area contributed by atoms with Crippen LogP contribution >= 0.6 is 0 Å². The number of benzene rings is 1. The highest BCUT2D eigenvalue weighted by atomic mass is 16.5. The van der Waals surface area contributed by atoms with Gasteiger partial charge >= 0.3 is 0 Å². The van der Waals surface area contributed by atoms with E-state index in [0.717, 1.165) is 56.3 Å². The van der Waals surface area contributed by atoms with E-state index in [9.17, 15) is 5.11 Å². The molecule has 0 aliphatic rings. The van der Waals surface area contributed by atoms with Gasteiger partial charge in [0, 0.05) is 31.7 Å². The fourth-order valence-corrected chi connectivity index (χ4v) is 2.65. The van der Waals surface area contributed by atoms with E-state index in [1.807, 2.05) is 31.2 Å². The van der Waals surface area contributed by atoms with E-state index in [4.69, 9.17) is 14.5 Å². The van der Waals surface area contributed by atoms with Gasteiger partial charge in [0.15, 0.2) is 5.96 Å². The fourth-order valence-electron chi connectivity index (χ4n) is 2.65. The normalized spacial score (nSPS) is 12.1. The minimum atomic E-state index is -0.117. The summed E-state index contributed by atoms with van der Waals surface area (Å²) in [5.74, 6) is 1.61. The summed E-state index contributed by atoms with van der Waals surface area (Å²) in [7, 11) is 1.66. The van der Waals surface area contributed by atoms with Crippen LogP contribution in [0.2, 0.25) is 0 Å². The molecule has 0 heterocycles. The molecule has 0 bridgehead atoms. The molecule has 1 rings (SSSR count). The lowest BCUT2D eigenvalue weighted by molar-refractivity contribution is 0.118. The summed E-state index contributed by atoms with van der Waals surface area (Å²) in [6.45, 7) is 9.94. The van der Waals surface area contributed by atoms with Crippen molar-refractivity contribution in [3.63, 3.8) is 0 Å². The van der Waals surface area contributed by atoms with Crippen LogP contribution in [0.5, 0.6) is 5.75 Å². The highest BCUT2D eigenvalue weighted by molar-refractivity contribution is 5.79. The molecule has 0 aliphatic heterocycles. The number of hydrogen-bond donors (Lipinski definition) is 3. The van der Waals surface area contributed by atoms with Gasteiger partial charge in [-0.25, -0.2) is 4.99 Å². The van der Waals surface area contributed by atoms with E-state index in [2.05, 4.69) is 24.5 Å². The molecule has 0 spiro atoms. The van der Waals surface area contributed by atoms with Gasteiger partial charge in [0.05, 0.1) is 20.3 Å². The van der Waals surface area contributed by atoms with Crippen molar-refractivity contribution in [3.8, 4) is 5.75 Å². The first kappa shape index (κ1) is 23.2. The third kappa shape index (κ3) is 8.63. The van der Waals surface area contributed by atoms with Crippen molar-refractivity contribution in [1.29, 1.82) is 0 Å². The maximum atomic E-state index is 9.79. The maximum absolute atomic E-state index is 9.79. The van der Waals surface area contributed by atoms with Gasteiger partial charge in [0.2, 0.25) is 0 Å². The molecule has 0 saturated heterocycles. The summed E-state index contributed by atoms with van der Waals surface area (Å²) >= 11 is 0. The topological polar surface area (TPSA) is 75.1 Å². The Labute approximate surface area is 164 Å². The highest BCUT2D eigenvalue weighted by Gasteiger charge is 2.25. The molecular weight excluding hydrogens is 342 g/mol. The van der Waals surface area contributed by atoms with Crippen LogP contribution in [0.25, 0.3) is 0 Å². The monoisotopic (exact) mass is 379 g/mol. The second-order valence-electron chi connectivity index (χ2n) is 6.71. The summed E-state index contributed by atoms with van der Waals surface area (Å²) in [5, 5.41) is 16.6. The van der Waals surface area contributed by atoms with E-state index in [1.54, 1.807) is 7.11 Å². The molecule has 0 saturated carbocycles. The average molecular weight is 380 g/mol. The lowest BCUT2D eigenvalue weighted by Crippen LogP contribution is -2.45. The molecule has 0 aromatic heterocycles. The summed E-state index contributed by atoms with van der Waals surface area (Å²) in [4.78, 5) is 4.70. The van der Waals surface area contributed by atoms with Gasteiger partial charge in [-0.3, -0.25) is 0 Å². The minimum absolute atomic E-state index is 0.117. The van der Waals surface area contributed by atoms with Gasteiger partial charge in [-0.2, -0.15) is 0 Å². The van der Waals surface area contributed by atoms with Gasteiger partial charge in [0.1, 0.15) is 5.75 Å². The molecule has 0 aliphatic carbocycles. The Morgan fingerprint density at radius 3 is 2.37 bits per heavy atom. The second-order valence-corrected chi connectivity index (χ2v) is 6.71. The van der Waals surface area contributed by atoms with E-state index in [0.29, 0.717) is 13.1 Å². The standard InChI is InChI=1S/C21H37N3O3/c1-5-21(6-2,17-25)16-24-20(22-13-8-14-27-7-3)23-15-18-9-11-19(26-4)12-10-18/h9-12,25H,5-8,13-17H2,1-4H3,(H2,22,23,24). The molecule has 0 amide bonds. The zero-order chi connectivity index (χ0) is 20.0. The van der Waals surface area contributed by atoms with Crippen molar-refractivity contribution in [2.75, 3.05) is 40.0 Å². The second kappa shape index (κ2) is 13.4. The molecule has 1 aromatic rings. The molecule has 3 N–H and O–H groups in total. The van der Waals surface area contributed by atoms with E-state index in [-0.39, 0.29) is 12.0 Å². The van der Waals surface area contributed by atoms with Gasteiger partial charge in [-0.15, -0.1) is 0 Å². The lowest BCUT2D eigenvalue weighted by atomic mass is 9.83. The highest BCUT2D eigenvalue weighted by Crippen LogP contribution is 2.24. The largest absolute Gasteiger partial charge is 0.497 e. The Balaban J connectivity index is 2.69. The number of methoxy groups -OCH3 is 1. The van der Waals surface area contributed by atoms with Gasteiger partial charge in [-0.1, -0.05) is 26.0 Å². The quantitative estimate of drug-likeness (QED) is 0.279. The fraction of sp³-hybridized carbons (Fsp3) is 0.667. The number of hydrogen-bond acceptors (Lipinski definition) is 4. The zero-order valence-corrected chi connectivity index (χ0v) is 17.4. The van der Waals surface area contributed by atoms with Crippen LogP contribution in [0, 0.1) is 5.41 Å². The van der Waals surface area contributed by atoms with Gasteiger partial charge in [-0.05, 0) is 43.9 Å². The van der Waals surface area contributed by atoms with Crippen LogP contribution in [-0.2, 0) is 11.3 Å². The minimum Gasteiger partial charge on any atom is -0.497 e. The van der Waals surface area contributed by atoms with Crippen LogP contribution in [-0.4, -0.2) is 51.1 Å². The van der Waals surface area contributed by atoms with Gasteiger partial charge in [0.25, 0.3) is 0 Å². The number of nitrogens with one attached hydrogen (secondary N) is 2. The van der Waals surface area contributed by atoms with E-state index >= 15 is 0 Å². The zero-order valence-electron chi connectivity index (χ0n) is 17.4. The Morgan fingerprint density at radius 2 is 1.81 bits per heavy atom. The number of aliphatic imine (C=N–C) groups is 1. The summed E-state index contributed by atoms with van der Waals surface area (Å²) in [6.07, 6.45) is 2.76. The van der Waals surface area contributed by atoms with Crippen LogP contribution in [0.15, 0.2) is 29.3 Å². The van der Waals surface area contributed by atoms with Crippen LogP contribution in [0.1, 0.15) is 45.6 Å². The summed E-state index contributed by atoms with van der Waals surface area (Å²) in [5.41, 5.74) is 0.999. The van der Waals surface area contributed by atoms with Crippen molar-refractivity contribution >= 4 is 5.96 Å². The first-order valence-corrected chi connectivity index (χ1v) is 9.96. The molecule has 27 heavy (non-hydrogen) atoms. The Kier molecular flexibility index (Phi) is 11.5. The smallest absolute Gasteiger partial charge is 0.191 e. The van der Waals surface area contributed by atoms with Gasteiger partial charge < -0.3 is 25.2 Å². The predicted molar refractivity (Wildman–Crippen MR) is 111 cm³/mol. The van der Waals surface area contributed by atoms with Crippen LogP contribution < -0.4 is 15.4 Å². The van der Waals surface area contributed by atoms with Crippen molar-refractivity contribution < 1.29 is 14.6 Å². The third-order valence-electron chi connectivity index (χ3n) is 5.01. The molecule has 0 radical (unpaired) electrons.